The lowest BCUT2D eigenvalue weighted by Crippen LogP contribution is -2.42. The van der Waals surface area contributed by atoms with Crippen LogP contribution in [0.3, 0.4) is 0 Å². The molecule has 4 N–H and O–H groups in total. The fourth-order valence-corrected chi connectivity index (χ4v) is 4.95. The van der Waals surface area contributed by atoms with Crippen molar-refractivity contribution >= 4 is 17.9 Å². The van der Waals surface area contributed by atoms with Crippen molar-refractivity contribution < 1.29 is 53.8 Å². The highest BCUT2D eigenvalue weighted by Gasteiger charge is 2.41. The molecule has 0 aromatic heterocycles. The zero-order chi connectivity index (χ0) is 28.9. The van der Waals surface area contributed by atoms with Gasteiger partial charge < -0.3 is 39.4 Å². The zero-order valence-corrected chi connectivity index (χ0v) is 22.2. The maximum Gasteiger partial charge on any atom is 0.336 e. The monoisotopic (exact) mass is 547 g/mol. The highest BCUT2D eigenvalue weighted by molar-refractivity contribution is 5.88. The SMILES string of the molecule is COc1cc2c(cc1OC)CN1CCc3cc(OC)c(OC)cc3[C@H]1C2.O=C(O)CC(O)(CC(=O)O)C(=O)O. The Bertz CT molecular complexity index is 1230. The van der Waals surface area contributed by atoms with E-state index in [1.165, 1.54) is 22.3 Å². The molecule has 0 spiro atoms. The second-order valence-corrected chi connectivity index (χ2v) is 9.30. The van der Waals surface area contributed by atoms with E-state index in [2.05, 4.69) is 29.2 Å². The van der Waals surface area contributed by atoms with Crippen molar-refractivity contribution in [1.82, 2.24) is 4.90 Å². The fourth-order valence-electron chi connectivity index (χ4n) is 4.95. The summed E-state index contributed by atoms with van der Waals surface area (Å²) in [5.74, 6) is -1.82. The Kier molecular flexibility index (Phi) is 9.25. The average Bonchev–Trinajstić information content (AvgIpc) is 2.89. The predicted molar refractivity (Wildman–Crippen MR) is 137 cm³/mol. The summed E-state index contributed by atoms with van der Waals surface area (Å²) < 4.78 is 22.0. The molecule has 1 atom stereocenters. The molecule has 39 heavy (non-hydrogen) atoms. The Morgan fingerprint density at radius 2 is 1.26 bits per heavy atom. The van der Waals surface area contributed by atoms with Gasteiger partial charge in [-0.2, -0.15) is 0 Å². The van der Waals surface area contributed by atoms with Gasteiger partial charge in [-0.1, -0.05) is 0 Å². The third-order valence-electron chi connectivity index (χ3n) is 6.89. The van der Waals surface area contributed by atoms with Crippen molar-refractivity contribution in [2.45, 2.75) is 43.9 Å². The molecule has 2 aromatic carbocycles. The van der Waals surface area contributed by atoms with Gasteiger partial charge in [-0.05, 0) is 59.4 Å². The molecule has 212 valence electrons. The van der Waals surface area contributed by atoms with Crippen LogP contribution in [0.5, 0.6) is 23.0 Å². The Morgan fingerprint density at radius 3 is 1.72 bits per heavy atom. The van der Waals surface area contributed by atoms with E-state index in [4.69, 9.17) is 39.4 Å². The number of benzene rings is 2. The minimum atomic E-state index is -2.74. The third-order valence-corrected chi connectivity index (χ3v) is 6.89. The van der Waals surface area contributed by atoms with Crippen LogP contribution in [-0.2, 0) is 33.8 Å². The largest absolute Gasteiger partial charge is 0.493 e. The summed E-state index contributed by atoms with van der Waals surface area (Å²) in [6.07, 6.45) is -0.309. The molecule has 0 amide bonds. The number of carbonyl (C=O) groups is 3. The number of methoxy groups -OCH3 is 4. The van der Waals surface area contributed by atoms with E-state index in [0.29, 0.717) is 6.04 Å². The Balaban J connectivity index is 0.000000276. The topological polar surface area (TPSA) is 172 Å². The van der Waals surface area contributed by atoms with Crippen LogP contribution < -0.4 is 18.9 Å². The highest BCUT2D eigenvalue weighted by atomic mass is 16.5. The number of fused-ring (bicyclic) bond motifs is 4. The molecule has 0 fully saturated rings. The first-order chi connectivity index (χ1) is 18.5. The molecule has 0 radical (unpaired) electrons. The van der Waals surface area contributed by atoms with Gasteiger partial charge in [0, 0.05) is 19.1 Å². The van der Waals surface area contributed by atoms with Crippen LogP contribution in [0, 0.1) is 0 Å². The maximum atomic E-state index is 10.3. The summed E-state index contributed by atoms with van der Waals surface area (Å²) in [7, 11) is 6.76. The average molecular weight is 548 g/mol. The van der Waals surface area contributed by atoms with Crippen LogP contribution in [-0.4, -0.2) is 83.8 Å². The van der Waals surface area contributed by atoms with Gasteiger partial charge >= 0.3 is 17.9 Å². The molecular formula is C27H33NO11. The van der Waals surface area contributed by atoms with Crippen LogP contribution in [0.4, 0.5) is 0 Å². The Morgan fingerprint density at radius 1 is 0.795 bits per heavy atom. The number of hydrogen-bond acceptors (Lipinski definition) is 9. The number of aliphatic carboxylic acids is 3. The molecule has 12 heteroatoms. The van der Waals surface area contributed by atoms with Gasteiger partial charge in [0.2, 0.25) is 0 Å². The van der Waals surface area contributed by atoms with Crippen LogP contribution in [0.25, 0.3) is 0 Å². The Hall–Kier alpha value is -4.03. The van der Waals surface area contributed by atoms with Crippen LogP contribution in [0.15, 0.2) is 24.3 Å². The van der Waals surface area contributed by atoms with Crippen LogP contribution in [0.2, 0.25) is 0 Å². The number of nitrogens with zero attached hydrogens (tertiary/aromatic N) is 1. The van der Waals surface area contributed by atoms with E-state index in [9.17, 15) is 14.4 Å². The molecule has 12 nitrogen and oxygen atoms in total. The first-order valence-electron chi connectivity index (χ1n) is 12.1. The number of hydrogen-bond donors (Lipinski definition) is 4. The van der Waals surface area contributed by atoms with E-state index >= 15 is 0 Å². The van der Waals surface area contributed by atoms with Crippen molar-refractivity contribution in [1.29, 1.82) is 0 Å². The summed E-state index contributed by atoms with van der Waals surface area (Å²) in [5, 5.41) is 33.8. The quantitative estimate of drug-likeness (QED) is 0.361. The van der Waals surface area contributed by atoms with E-state index in [0.717, 1.165) is 48.9 Å². The number of carboxylic acid groups (broad SMARTS) is 3. The lowest BCUT2D eigenvalue weighted by atomic mass is 9.83. The van der Waals surface area contributed by atoms with Crippen molar-refractivity contribution in [3.05, 3.63) is 46.5 Å². The zero-order valence-electron chi connectivity index (χ0n) is 22.2. The maximum absolute atomic E-state index is 10.3. The molecule has 2 aromatic rings. The molecule has 0 bridgehead atoms. The van der Waals surface area contributed by atoms with Crippen molar-refractivity contribution in [2.75, 3.05) is 35.0 Å². The predicted octanol–water partition coefficient (Wildman–Crippen LogP) is 2.13. The Labute approximate surface area is 225 Å². The lowest BCUT2D eigenvalue weighted by Gasteiger charge is -2.41. The third kappa shape index (κ3) is 6.52. The smallest absolute Gasteiger partial charge is 0.336 e. The van der Waals surface area contributed by atoms with Crippen molar-refractivity contribution in [3.63, 3.8) is 0 Å². The van der Waals surface area contributed by atoms with Gasteiger partial charge in [0.25, 0.3) is 0 Å². The first-order valence-corrected chi connectivity index (χ1v) is 12.1. The van der Waals surface area contributed by atoms with Gasteiger partial charge in [-0.15, -0.1) is 0 Å². The minimum Gasteiger partial charge on any atom is -0.493 e. The second kappa shape index (κ2) is 12.2. The molecule has 0 saturated carbocycles. The number of ether oxygens (including phenoxy) is 4. The van der Waals surface area contributed by atoms with Gasteiger partial charge in [0.05, 0.1) is 41.3 Å². The number of carboxylic acids is 3. The van der Waals surface area contributed by atoms with Gasteiger partial charge in [-0.3, -0.25) is 14.5 Å². The van der Waals surface area contributed by atoms with Crippen molar-refractivity contribution in [3.8, 4) is 23.0 Å². The molecule has 0 saturated heterocycles. The molecule has 2 aliphatic heterocycles. The molecule has 4 rings (SSSR count). The molecule has 0 unspecified atom stereocenters. The van der Waals surface area contributed by atoms with E-state index in [1.807, 2.05) is 0 Å². The summed E-state index contributed by atoms with van der Waals surface area (Å²) in [5.41, 5.74) is 2.61. The lowest BCUT2D eigenvalue weighted by molar-refractivity contribution is -0.170. The van der Waals surface area contributed by atoms with E-state index < -0.39 is 36.4 Å². The van der Waals surface area contributed by atoms with Gasteiger partial charge in [0.1, 0.15) is 0 Å². The minimum absolute atomic E-state index is 0.351. The number of rotatable bonds is 9. The molecule has 2 aliphatic rings. The summed E-state index contributed by atoms with van der Waals surface area (Å²) >= 11 is 0. The van der Waals surface area contributed by atoms with E-state index in [1.54, 1.807) is 28.4 Å². The normalized spacial score (nSPS) is 15.9. The van der Waals surface area contributed by atoms with Crippen LogP contribution in [0.1, 0.15) is 41.1 Å². The second-order valence-electron chi connectivity index (χ2n) is 9.30. The highest BCUT2D eigenvalue weighted by Crippen LogP contribution is 2.44. The molecule has 2 heterocycles. The van der Waals surface area contributed by atoms with Gasteiger partial charge in [0.15, 0.2) is 28.6 Å². The summed E-state index contributed by atoms with van der Waals surface area (Å²) in [6, 6.07) is 8.88. The molecule has 0 aliphatic carbocycles. The summed E-state index contributed by atoms with van der Waals surface area (Å²) in [4.78, 5) is 33.0. The standard InChI is InChI=1S/C21H25NO4.C6H8O7/c1-23-18-8-13-5-6-22-12-15-10-20(25-3)19(24-2)9-14(15)7-17(22)16(13)11-21(18)26-4;7-3(8)1-6(13,5(11)12)2-4(9)10/h8-11,17H,5-7,12H2,1-4H3;13H,1-2H2,(H,7,8)(H,9,10)(H,11,12)/t17-;/m1./s1. The molecular weight excluding hydrogens is 514 g/mol. The van der Waals surface area contributed by atoms with Gasteiger partial charge in [-0.25, -0.2) is 4.79 Å². The first kappa shape index (κ1) is 29.5. The van der Waals surface area contributed by atoms with Crippen molar-refractivity contribution in [2.24, 2.45) is 0 Å². The fraction of sp³-hybridized carbons (Fsp3) is 0.444. The summed E-state index contributed by atoms with van der Waals surface area (Å²) in [6.45, 7) is 1.97. The number of aliphatic hydroxyl groups is 1. The van der Waals surface area contributed by atoms with E-state index in [-0.39, 0.29) is 0 Å². The van der Waals surface area contributed by atoms with Crippen LogP contribution >= 0.6 is 0 Å².